The molecule has 2 rings (SSSR count). The highest BCUT2D eigenvalue weighted by atomic mass is 35.5. The minimum Gasteiger partial charge on any atom is -0.271 e. The molecule has 3 heteroatoms. The quantitative estimate of drug-likeness (QED) is 0.637. The number of hydrogen-bond acceptors (Lipinski definition) is 2. The van der Waals surface area contributed by atoms with Crippen molar-refractivity contribution in [1.29, 1.82) is 0 Å². The first-order valence-electron chi connectivity index (χ1n) is 6.97. The lowest BCUT2D eigenvalue weighted by Gasteiger charge is -2.36. The van der Waals surface area contributed by atoms with Crippen LogP contribution in [0.1, 0.15) is 50.6 Å². The number of hydrazine groups is 1. The fourth-order valence-corrected chi connectivity index (χ4v) is 3.45. The Morgan fingerprint density at radius 2 is 1.94 bits per heavy atom. The summed E-state index contributed by atoms with van der Waals surface area (Å²) < 4.78 is 0. The largest absolute Gasteiger partial charge is 0.271 e. The predicted molar refractivity (Wildman–Crippen MR) is 77.3 cm³/mol. The van der Waals surface area contributed by atoms with Crippen molar-refractivity contribution in [2.45, 2.75) is 45.1 Å². The molecule has 0 aliphatic heterocycles. The van der Waals surface area contributed by atoms with Gasteiger partial charge < -0.3 is 0 Å². The topological polar surface area (TPSA) is 38.0 Å². The van der Waals surface area contributed by atoms with Crippen molar-refractivity contribution in [1.82, 2.24) is 5.43 Å². The van der Waals surface area contributed by atoms with Crippen LogP contribution in [0.5, 0.6) is 0 Å². The fourth-order valence-electron chi connectivity index (χ4n) is 3.32. The van der Waals surface area contributed by atoms with E-state index in [1.807, 2.05) is 12.1 Å². The van der Waals surface area contributed by atoms with Crippen molar-refractivity contribution in [3.63, 3.8) is 0 Å². The van der Waals surface area contributed by atoms with Crippen molar-refractivity contribution >= 4 is 11.6 Å². The Hall–Kier alpha value is -0.570. The molecule has 1 aliphatic rings. The Morgan fingerprint density at radius 1 is 1.28 bits per heavy atom. The molecule has 0 saturated heterocycles. The average Bonchev–Trinajstić information content (AvgIpc) is 2.42. The molecule has 1 aliphatic carbocycles. The number of nitrogens with one attached hydrogen (secondary N) is 1. The van der Waals surface area contributed by atoms with E-state index in [9.17, 15) is 0 Å². The molecule has 0 aromatic heterocycles. The summed E-state index contributed by atoms with van der Waals surface area (Å²) in [7, 11) is 0. The Morgan fingerprint density at radius 3 is 2.56 bits per heavy atom. The molecular weight excluding hydrogens is 244 g/mol. The highest BCUT2D eigenvalue weighted by molar-refractivity contribution is 6.30. The standard InChI is InChI=1S/C15H23ClN2/c1-2-11-5-3-4-6-14(11)15(18-17)12-7-9-13(16)10-8-12/h7-11,14-15,18H,2-6,17H2,1H3. The lowest BCUT2D eigenvalue weighted by Crippen LogP contribution is -2.38. The normalized spacial score (nSPS) is 25.9. The van der Waals surface area contributed by atoms with Gasteiger partial charge in [-0.2, -0.15) is 0 Å². The highest BCUT2D eigenvalue weighted by Gasteiger charge is 2.31. The second-order valence-electron chi connectivity index (χ2n) is 5.31. The van der Waals surface area contributed by atoms with Crippen LogP contribution in [-0.4, -0.2) is 0 Å². The van der Waals surface area contributed by atoms with Gasteiger partial charge in [0, 0.05) is 11.1 Å². The first-order chi connectivity index (χ1) is 8.76. The first-order valence-corrected chi connectivity index (χ1v) is 7.35. The minimum absolute atomic E-state index is 0.257. The summed E-state index contributed by atoms with van der Waals surface area (Å²) in [4.78, 5) is 0. The summed E-state index contributed by atoms with van der Waals surface area (Å²) >= 11 is 5.95. The maximum atomic E-state index is 5.95. The Bertz CT molecular complexity index is 363. The van der Waals surface area contributed by atoms with Gasteiger partial charge in [0.1, 0.15) is 0 Å². The molecule has 3 N–H and O–H groups in total. The van der Waals surface area contributed by atoms with E-state index in [4.69, 9.17) is 17.4 Å². The molecule has 0 amide bonds. The van der Waals surface area contributed by atoms with Crippen LogP contribution in [-0.2, 0) is 0 Å². The summed E-state index contributed by atoms with van der Waals surface area (Å²) in [5, 5.41) is 0.783. The average molecular weight is 267 g/mol. The second kappa shape index (κ2) is 6.55. The number of hydrogen-bond donors (Lipinski definition) is 2. The molecule has 3 unspecified atom stereocenters. The van der Waals surface area contributed by atoms with Crippen LogP contribution in [0.3, 0.4) is 0 Å². The monoisotopic (exact) mass is 266 g/mol. The van der Waals surface area contributed by atoms with Gasteiger partial charge in [-0.3, -0.25) is 11.3 Å². The maximum Gasteiger partial charge on any atom is 0.0490 e. The van der Waals surface area contributed by atoms with E-state index < -0.39 is 0 Å². The first kappa shape index (κ1) is 13.9. The number of benzene rings is 1. The van der Waals surface area contributed by atoms with Gasteiger partial charge in [-0.05, 0) is 36.0 Å². The third-order valence-electron chi connectivity index (χ3n) is 4.33. The molecule has 1 aromatic rings. The van der Waals surface area contributed by atoms with Crippen LogP contribution in [0.25, 0.3) is 0 Å². The summed E-state index contributed by atoms with van der Waals surface area (Å²) in [6.07, 6.45) is 6.55. The Labute approximate surface area is 115 Å². The zero-order valence-corrected chi connectivity index (χ0v) is 11.8. The minimum atomic E-state index is 0.257. The fraction of sp³-hybridized carbons (Fsp3) is 0.600. The molecule has 0 heterocycles. The van der Waals surface area contributed by atoms with Crippen molar-refractivity contribution in [3.05, 3.63) is 34.9 Å². The molecule has 100 valence electrons. The van der Waals surface area contributed by atoms with Crippen LogP contribution in [0.4, 0.5) is 0 Å². The van der Waals surface area contributed by atoms with E-state index in [1.165, 1.54) is 37.7 Å². The van der Waals surface area contributed by atoms with Gasteiger partial charge in [0.2, 0.25) is 0 Å². The third-order valence-corrected chi connectivity index (χ3v) is 4.58. The van der Waals surface area contributed by atoms with Crippen LogP contribution < -0.4 is 11.3 Å². The summed E-state index contributed by atoms with van der Waals surface area (Å²) in [6.45, 7) is 2.29. The van der Waals surface area contributed by atoms with E-state index in [0.717, 1.165) is 10.9 Å². The highest BCUT2D eigenvalue weighted by Crippen LogP contribution is 2.40. The van der Waals surface area contributed by atoms with Crippen LogP contribution in [0, 0.1) is 11.8 Å². The molecular formula is C15H23ClN2. The molecule has 0 radical (unpaired) electrons. The SMILES string of the molecule is CCC1CCCCC1C(NN)c1ccc(Cl)cc1. The summed E-state index contributed by atoms with van der Waals surface area (Å²) in [6, 6.07) is 8.34. The van der Waals surface area contributed by atoms with E-state index in [0.29, 0.717) is 5.92 Å². The lowest BCUT2D eigenvalue weighted by atomic mass is 9.72. The second-order valence-corrected chi connectivity index (χ2v) is 5.75. The smallest absolute Gasteiger partial charge is 0.0490 e. The third kappa shape index (κ3) is 3.05. The molecule has 3 atom stereocenters. The van der Waals surface area contributed by atoms with Crippen molar-refractivity contribution < 1.29 is 0 Å². The number of nitrogens with two attached hydrogens (primary N) is 1. The molecule has 1 fully saturated rings. The van der Waals surface area contributed by atoms with E-state index in [2.05, 4.69) is 24.5 Å². The van der Waals surface area contributed by atoms with E-state index in [-0.39, 0.29) is 6.04 Å². The van der Waals surface area contributed by atoms with E-state index in [1.54, 1.807) is 0 Å². The lowest BCUT2D eigenvalue weighted by molar-refractivity contribution is 0.176. The van der Waals surface area contributed by atoms with Crippen LogP contribution in [0.15, 0.2) is 24.3 Å². The van der Waals surface area contributed by atoms with Gasteiger partial charge in [-0.15, -0.1) is 0 Å². The number of rotatable bonds is 4. The van der Waals surface area contributed by atoms with Crippen LogP contribution in [0.2, 0.25) is 5.02 Å². The molecule has 2 nitrogen and oxygen atoms in total. The Kier molecular flexibility index (Phi) is 5.04. The van der Waals surface area contributed by atoms with Gasteiger partial charge in [0.05, 0.1) is 0 Å². The van der Waals surface area contributed by atoms with Gasteiger partial charge >= 0.3 is 0 Å². The molecule has 0 bridgehead atoms. The summed E-state index contributed by atoms with van der Waals surface area (Å²) in [5.74, 6) is 7.24. The van der Waals surface area contributed by atoms with Gasteiger partial charge in [0.25, 0.3) is 0 Å². The van der Waals surface area contributed by atoms with Crippen molar-refractivity contribution in [2.24, 2.45) is 17.7 Å². The van der Waals surface area contributed by atoms with E-state index >= 15 is 0 Å². The van der Waals surface area contributed by atoms with Gasteiger partial charge in [-0.25, -0.2) is 0 Å². The zero-order valence-electron chi connectivity index (χ0n) is 11.0. The van der Waals surface area contributed by atoms with Crippen molar-refractivity contribution in [2.75, 3.05) is 0 Å². The van der Waals surface area contributed by atoms with Crippen molar-refractivity contribution in [3.8, 4) is 0 Å². The molecule has 1 aromatic carbocycles. The van der Waals surface area contributed by atoms with Gasteiger partial charge in [0.15, 0.2) is 0 Å². The van der Waals surface area contributed by atoms with Crippen LogP contribution >= 0.6 is 11.6 Å². The number of halogens is 1. The molecule has 0 spiro atoms. The van der Waals surface area contributed by atoms with Gasteiger partial charge in [-0.1, -0.05) is 56.3 Å². The molecule has 18 heavy (non-hydrogen) atoms. The Balaban J connectivity index is 2.18. The zero-order chi connectivity index (χ0) is 13.0. The maximum absolute atomic E-state index is 5.95. The summed E-state index contributed by atoms with van der Waals surface area (Å²) in [5.41, 5.74) is 4.29. The predicted octanol–water partition coefficient (Wildman–Crippen LogP) is 4.06. The molecule has 1 saturated carbocycles.